The van der Waals surface area contributed by atoms with Gasteiger partial charge in [-0.3, -0.25) is 19.1 Å². The molecule has 2 aromatic heterocycles. The summed E-state index contributed by atoms with van der Waals surface area (Å²) >= 11 is 4.86. The van der Waals surface area contributed by atoms with Crippen LogP contribution in [0.4, 0.5) is 0 Å². The van der Waals surface area contributed by atoms with Gasteiger partial charge in [0.15, 0.2) is 0 Å². The Hall–Kier alpha value is -2.19. The molecule has 0 fully saturated rings. The Morgan fingerprint density at radius 3 is 2.58 bits per heavy atom. The Balaban J connectivity index is 2.20. The van der Waals surface area contributed by atoms with Gasteiger partial charge in [0.05, 0.1) is 5.39 Å². The Bertz CT molecular complexity index is 1080. The van der Waals surface area contributed by atoms with Crippen LogP contribution in [0.15, 0.2) is 38.3 Å². The first-order chi connectivity index (χ1) is 12.4. The minimum absolute atomic E-state index is 0.132. The largest absolute Gasteiger partial charge is 0.370 e. The number of hydrogen-bond acceptors (Lipinski definition) is 4. The zero-order chi connectivity index (χ0) is 18.8. The molecule has 0 unspecified atom stereocenters. The maximum atomic E-state index is 13.0. The fraction of sp³-hybridized carbons (Fsp3) is 0.278. The molecule has 0 radical (unpaired) electrons. The van der Waals surface area contributed by atoms with Crippen molar-refractivity contribution in [2.75, 3.05) is 0 Å². The molecule has 0 aliphatic heterocycles. The molecule has 0 saturated carbocycles. The number of amides is 1. The van der Waals surface area contributed by atoms with E-state index in [0.717, 1.165) is 31.5 Å². The predicted molar refractivity (Wildman–Crippen MR) is 108 cm³/mol. The molecule has 3 aromatic rings. The number of primary amides is 1. The number of carbonyl (C=O) groups excluding carboxylic acids is 1. The number of rotatable bonds is 6. The Kier molecular flexibility index (Phi) is 5.43. The van der Waals surface area contributed by atoms with E-state index in [1.807, 2.05) is 31.2 Å². The van der Waals surface area contributed by atoms with Crippen LogP contribution < -0.4 is 17.0 Å². The number of nitrogens with one attached hydrogen (secondary N) is 1. The summed E-state index contributed by atoms with van der Waals surface area (Å²) in [6.07, 6.45) is 1.24. The fourth-order valence-electron chi connectivity index (χ4n) is 2.95. The number of carbonyl (C=O) groups is 1. The van der Waals surface area contributed by atoms with Crippen LogP contribution in [0.2, 0.25) is 0 Å². The number of aromatic nitrogens is 2. The zero-order valence-electron chi connectivity index (χ0n) is 14.2. The SMILES string of the molecule is CCc1sc2[nH]c(=O)n(CCCC(N)=O)c(=O)c2c1-c1ccc(Br)cc1. The van der Waals surface area contributed by atoms with Gasteiger partial charge >= 0.3 is 5.69 Å². The van der Waals surface area contributed by atoms with Gasteiger partial charge in [0.25, 0.3) is 5.56 Å². The van der Waals surface area contributed by atoms with Gasteiger partial charge < -0.3 is 5.73 Å². The summed E-state index contributed by atoms with van der Waals surface area (Å²) in [5.74, 6) is -0.449. The summed E-state index contributed by atoms with van der Waals surface area (Å²) in [7, 11) is 0. The molecule has 26 heavy (non-hydrogen) atoms. The molecular formula is C18H18BrN3O3S. The molecule has 1 aromatic carbocycles. The number of aromatic amines is 1. The summed E-state index contributed by atoms with van der Waals surface area (Å²) in [4.78, 5) is 40.7. The third-order valence-electron chi connectivity index (χ3n) is 4.16. The van der Waals surface area contributed by atoms with E-state index in [-0.39, 0.29) is 18.5 Å². The van der Waals surface area contributed by atoms with Crippen molar-refractivity contribution in [2.45, 2.75) is 32.7 Å². The number of thiophene rings is 1. The number of halogens is 1. The molecule has 136 valence electrons. The normalized spacial score (nSPS) is 11.2. The van der Waals surface area contributed by atoms with Gasteiger partial charge in [0.1, 0.15) is 4.83 Å². The molecule has 0 bridgehead atoms. The summed E-state index contributed by atoms with van der Waals surface area (Å²) in [5, 5.41) is 0.521. The molecule has 2 heterocycles. The number of hydrogen-bond donors (Lipinski definition) is 2. The van der Waals surface area contributed by atoms with Crippen LogP contribution in [-0.4, -0.2) is 15.5 Å². The minimum Gasteiger partial charge on any atom is -0.370 e. The van der Waals surface area contributed by atoms with E-state index in [1.165, 1.54) is 11.3 Å². The quantitative estimate of drug-likeness (QED) is 0.622. The molecule has 3 N–H and O–H groups in total. The van der Waals surface area contributed by atoms with Crippen molar-refractivity contribution in [2.24, 2.45) is 5.73 Å². The van der Waals surface area contributed by atoms with Gasteiger partial charge in [-0.25, -0.2) is 4.79 Å². The lowest BCUT2D eigenvalue weighted by Gasteiger charge is -2.06. The second-order valence-electron chi connectivity index (χ2n) is 5.92. The third-order valence-corrected chi connectivity index (χ3v) is 5.94. The van der Waals surface area contributed by atoms with Crippen molar-refractivity contribution in [3.8, 4) is 11.1 Å². The summed E-state index contributed by atoms with van der Waals surface area (Å²) < 4.78 is 2.11. The highest BCUT2D eigenvalue weighted by molar-refractivity contribution is 9.10. The van der Waals surface area contributed by atoms with Crippen LogP contribution in [0.25, 0.3) is 21.3 Å². The van der Waals surface area contributed by atoms with Crippen LogP contribution in [0.3, 0.4) is 0 Å². The van der Waals surface area contributed by atoms with Crippen LogP contribution in [-0.2, 0) is 17.8 Å². The van der Waals surface area contributed by atoms with E-state index in [1.54, 1.807) is 0 Å². The fourth-order valence-corrected chi connectivity index (χ4v) is 4.35. The number of benzene rings is 1. The molecule has 0 aliphatic carbocycles. The molecular weight excluding hydrogens is 418 g/mol. The van der Waals surface area contributed by atoms with Gasteiger partial charge in [0.2, 0.25) is 5.91 Å². The summed E-state index contributed by atoms with van der Waals surface area (Å²) in [6.45, 7) is 2.18. The minimum atomic E-state index is -0.460. The predicted octanol–water partition coefficient (Wildman–Crippen LogP) is 3.01. The first-order valence-electron chi connectivity index (χ1n) is 8.25. The van der Waals surface area contributed by atoms with Gasteiger partial charge in [-0.05, 0) is 30.5 Å². The Labute approximate surface area is 161 Å². The first-order valence-corrected chi connectivity index (χ1v) is 9.86. The number of fused-ring (bicyclic) bond motifs is 1. The standard InChI is InChI=1S/C18H18BrN3O3S/c1-2-12-14(10-5-7-11(19)8-6-10)15-16(26-12)21-18(25)22(17(15)24)9-3-4-13(20)23/h5-8H,2-4,9H2,1H3,(H2,20,23)(H,21,25). The second kappa shape index (κ2) is 7.59. The highest BCUT2D eigenvalue weighted by Crippen LogP contribution is 2.36. The van der Waals surface area contributed by atoms with Crippen LogP contribution >= 0.6 is 27.3 Å². The van der Waals surface area contributed by atoms with Crippen molar-refractivity contribution in [1.29, 1.82) is 0 Å². The monoisotopic (exact) mass is 435 g/mol. The van der Waals surface area contributed by atoms with E-state index in [2.05, 4.69) is 20.9 Å². The van der Waals surface area contributed by atoms with Crippen molar-refractivity contribution < 1.29 is 4.79 Å². The lowest BCUT2D eigenvalue weighted by molar-refractivity contribution is -0.118. The maximum absolute atomic E-state index is 13.0. The smallest absolute Gasteiger partial charge is 0.329 e. The average Bonchev–Trinajstić information content (AvgIpc) is 2.96. The van der Waals surface area contributed by atoms with E-state index in [9.17, 15) is 14.4 Å². The first kappa shape index (κ1) is 18.6. The number of H-pyrrole nitrogens is 1. The van der Waals surface area contributed by atoms with Crippen LogP contribution in [0.1, 0.15) is 24.6 Å². The lowest BCUT2D eigenvalue weighted by atomic mass is 10.0. The molecule has 0 spiro atoms. The molecule has 1 amide bonds. The Morgan fingerprint density at radius 1 is 1.27 bits per heavy atom. The molecule has 0 atom stereocenters. The molecule has 0 saturated heterocycles. The third kappa shape index (κ3) is 3.52. The van der Waals surface area contributed by atoms with Gasteiger partial charge in [-0.15, -0.1) is 11.3 Å². The maximum Gasteiger partial charge on any atom is 0.329 e. The van der Waals surface area contributed by atoms with Crippen molar-refractivity contribution in [3.05, 3.63) is 54.5 Å². The average molecular weight is 436 g/mol. The lowest BCUT2D eigenvalue weighted by Crippen LogP contribution is -2.35. The zero-order valence-corrected chi connectivity index (χ0v) is 16.6. The highest BCUT2D eigenvalue weighted by Gasteiger charge is 2.19. The number of aryl methyl sites for hydroxylation is 1. The van der Waals surface area contributed by atoms with E-state index >= 15 is 0 Å². The molecule has 0 aliphatic rings. The highest BCUT2D eigenvalue weighted by atomic mass is 79.9. The van der Waals surface area contributed by atoms with Crippen LogP contribution in [0, 0.1) is 0 Å². The molecule has 8 heteroatoms. The number of nitrogens with two attached hydrogens (primary N) is 1. The van der Waals surface area contributed by atoms with E-state index in [0.29, 0.717) is 16.6 Å². The van der Waals surface area contributed by atoms with Crippen molar-refractivity contribution in [1.82, 2.24) is 9.55 Å². The van der Waals surface area contributed by atoms with Gasteiger partial charge in [0, 0.05) is 27.9 Å². The van der Waals surface area contributed by atoms with E-state index in [4.69, 9.17) is 5.73 Å². The van der Waals surface area contributed by atoms with Gasteiger partial charge in [-0.2, -0.15) is 0 Å². The topological polar surface area (TPSA) is 97.9 Å². The van der Waals surface area contributed by atoms with Crippen molar-refractivity contribution >= 4 is 43.4 Å². The van der Waals surface area contributed by atoms with E-state index < -0.39 is 11.6 Å². The van der Waals surface area contributed by atoms with Crippen molar-refractivity contribution in [3.63, 3.8) is 0 Å². The van der Waals surface area contributed by atoms with Gasteiger partial charge in [-0.1, -0.05) is 35.0 Å². The molecule has 3 rings (SSSR count). The van der Waals surface area contributed by atoms with Crippen LogP contribution in [0.5, 0.6) is 0 Å². The molecule has 6 nitrogen and oxygen atoms in total. The number of nitrogens with zero attached hydrogens (tertiary/aromatic N) is 1. The summed E-state index contributed by atoms with van der Waals surface area (Å²) in [5.41, 5.74) is 6.15. The Morgan fingerprint density at radius 2 is 1.96 bits per heavy atom. The second-order valence-corrected chi connectivity index (χ2v) is 7.94. The summed E-state index contributed by atoms with van der Waals surface area (Å²) in [6, 6.07) is 7.75.